The molecule has 0 N–H and O–H groups in total. The van der Waals surface area contributed by atoms with E-state index in [0.717, 1.165) is 35.7 Å². The Bertz CT molecular complexity index is 628. The summed E-state index contributed by atoms with van der Waals surface area (Å²) in [5.41, 5.74) is 0. The molecule has 0 saturated carbocycles. The average molecular weight is 333 g/mol. The van der Waals surface area contributed by atoms with E-state index in [-0.39, 0.29) is 17.9 Å². The van der Waals surface area contributed by atoms with Crippen molar-refractivity contribution in [1.82, 2.24) is 4.31 Å². The van der Waals surface area contributed by atoms with Gasteiger partial charge in [-0.05, 0) is 24.3 Å². The number of carbonyl (C=O) groups is 2. The smallest absolute Gasteiger partial charge is 0.321 e. The predicted molar refractivity (Wildman–Crippen MR) is 73.8 cm³/mol. The standard InChI is InChI=1S/C13H16FNO6S/c1-20-12(16)7-8-15(9-13(17)21-2)22(18,19)11-5-3-10(14)4-6-11/h3-6H,7-9H2,1-2H3. The Morgan fingerprint density at radius 2 is 1.64 bits per heavy atom. The van der Waals surface area contributed by atoms with E-state index in [4.69, 9.17) is 0 Å². The molecule has 1 aromatic carbocycles. The van der Waals surface area contributed by atoms with Crippen LogP contribution in [0.25, 0.3) is 0 Å². The second-order valence-corrected chi connectivity index (χ2v) is 6.13. The highest BCUT2D eigenvalue weighted by atomic mass is 32.2. The molecule has 0 radical (unpaired) electrons. The Balaban J connectivity index is 3.03. The average Bonchev–Trinajstić information content (AvgIpc) is 2.50. The van der Waals surface area contributed by atoms with Gasteiger partial charge in [0.05, 0.1) is 25.5 Å². The fourth-order valence-corrected chi connectivity index (χ4v) is 2.95. The van der Waals surface area contributed by atoms with Gasteiger partial charge in [0.25, 0.3) is 0 Å². The Morgan fingerprint density at radius 1 is 1.09 bits per heavy atom. The lowest BCUT2D eigenvalue weighted by Gasteiger charge is -2.20. The molecule has 0 aromatic heterocycles. The highest BCUT2D eigenvalue weighted by Crippen LogP contribution is 2.16. The molecule has 1 aromatic rings. The Labute approximate surface area is 127 Å². The molecule has 122 valence electrons. The van der Waals surface area contributed by atoms with Gasteiger partial charge in [-0.2, -0.15) is 4.31 Å². The van der Waals surface area contributed by atoms with E-state index in [9.17, 15) is 22.4 Å². The number of halogens is 1. The molecule has 0 saturated heterocycles. The van der Waals surface area contributed by atoms with Crippen molar-refractivity contribution in [3.05, 3.63) is 30.1 Å². The first-order chi connectivity index (χ1) is 10.3. The minimum atomic E-state index is -4.07. The van der Waals surface area contributed by atoms with Crippen molar-refractivity contribution >= 4 is 22.0 Å². The summed E-state index contributed by atoms with van der Waals surface area (Å²) in [6.07, 6.45) is -0.228. The number of carbonyl (C=O) groups excluding carboxylic acids is 2. The van der Waals surface area contributed by atoms with Gasteiger partial charge < -0.3 is 9.47 Å². The minimum absolute atomic E-state index is 0.192. The van der Waals surface area contributed by atoms with Crippen molar-refractivity contribution in [2.75, 3.05) is 27.3 Å². The van der Waals surface area contributed by atoms with Crippen molar-refractivity contribution in [3.8, 4) is 0 Å². The van der Waals surface area contributed by atoms with Gasteiger partial charge in [0.1, 0.15) is 12.4 Å². The fraction of sp³-hybridized carbons (Fsp3) is 0.385. The lowest BCUT2D eigenvalue weighted by Crippen LogP contribution is -2.37. The molecule has 1 rings (SSSR count). The van der Waals surface area contributed by atoms with Crippen molar-refractivity contribution in [1.29, 1.82) is 0 Å². The van der Waals surface area contributed by atoms with Crippen LogP contribution >= 0.6 is 0 Å². The van der Waals surface area contributed by atoms with Crippen molar-refractivity contribution in [3.63, 3.8) is 0 Å². The SMILES string of the molecule is COC(=O)CCN(CC(=O)OC)S(=O)(=O)c1ccc(F)cc1. The summed E-state index contributed by atoms with van der Waals surface area (Å²) in [7, 11) is -1.78. The second kappa shape index (κ2) is 7.85. The molecule has 22 heavy (non-hydrogen) atoms. The molecular weight excluding hydrogens is 317 g/mol. The molecule has 0 aliphatic carbocycles. The summed E-state index contributed by atoms with van der Waals surface area (Å²) in [5.74, 6) is -1.99. The molecule has 9 heteroatoms. The van der Waals surface area contributed by atoms with Crippen LogP contribution in [0.15, 0.2) is 29.2 Å². The van der Waals surface area contributed by atoms with Crippen LogP contribution in [-0.2, 0) is 29.1 Å². The fourth-order valence-electron chi connectivity index (χ4n) is 1.57. The third kappa shape index (κ3) is 4.78. The van der Waals surface area contributed by atoms with Gasteiger partial charge in [-0.25, -0.2) is 12.8 Å². The van der Waals surface area contributed by atoms with Crippen LogP contribution < -0.4 is 0 Å². The summed E-state index contributed by atoms with van der Waals surface area (Å²) in [6, 6.07) is 4.13. The molecule has 0 unspecified atom stereocenters. The maximum Gasteiger partial charge on any atom is 0.321 e. The monoisotopic (exact) mass is 333 g/mol. The highest BCUT2D eigenvalue weighted by molar-refractivity contribution is 7.89. The van der Waals surface area contributed by atoms with Crippen LogP contribution in [0.4, 0.5) is 4.39 Å². The van der Waals surface area contributed by atoms with Gasteiger partial charge >= 0.3 is 11.9 Å². The summed E-state index contributed by atoms with van der Waals surface area (Å²) in [5, 5.41) is 0. The van der Waals surface area contributed by atoms with E-state index in [2.05, 4.69) is 9.47 Å². The highest BCUT2D eigenvalue weighted by Gasteiger charge is 2.27. The van der Waals surface area contributed by atoms with Crippen LogP contribution in [0.3, 0.4) is 0 Å². The number of benzene rings is 1. The third-order valence-electron chi connectivity index (χ3n) is 2.78. The van der Waals surface area contributed by atoms with Crippen molar-refractivity contribution in [2.45, 2.75) is 11.3 Å². The zero-order valence-electron chi connectivity index (χ0n) is 12.1. The van der Waals surface area contributed by atoms with Crippen LogP contribution in [0.2, 0.25) is 0 Å². The number of hydrogen-bond donors (Lipinski definition) is 0. The molecule has 0 aliphatic heterocycles. The van der Waals surface area contributed by atoms with Crippen LogP contribution in [0.5, 0.6) is 0 Å². The summed E-state index contributed by atoms with van der Waals surface area (Å²) in [4.78, 5) is 22.3. The first-order valence-corrected chi connectivity index (χ1v) is 7.64. The van der Waals surface area contributed by atoms with Crippen LogP contribution in [0.1, 0.15) is 6.42 Å². The number of ether oxygens (including phenoxy) is 2. The number of rotatable bonds is 7. The van der Waals surface area contributed by atoms with E-state index >= 15 is 0 Å². The molecule has 0 heterocycles. The Kier molecular flexibility index (Phi) is 6.44. The summed E-state index contributed by atoms with van der Waals surface area (Å²) in [6.45, 7) is -0.825. The van der Waals surface area contributed by atoms with Crippen molar-refractivity contribution in [2.24, 2.45) is 0 Å². The van der Waals surface area contributed by atoms with E-state index in [0.29, 0.717) is 0 Å². The molecule has 0 aliphatic rings. The van der Waals surface area contributed by atoms with E-state index < -0.39 is 34.3 Å². The molecule has 7 nitrogen and oxygen atoms in total. The van der Waals surface area contributed by atoms with E-state index in [1.807, 2.05) is 0 Å². The number of sulfonamides is 1. The predicted octanol–water partition coefficient (Wildman–Crippen LogP) is 0.552. The Morgan fingerprint density at radius 3 is 2.14 bits per heavy atom. The second-order valence-electron chi connectivity index (χ2n) is 4.19. The maximum atomic E-state index is 12.9. The van der Waals surface area contributed by atoms with Crippen molar-refractivity contribution < 1.29 is 31.9 Å². The number of methoxy groups -OCH3 is 2. The van der Waals surface area contributed by atoms with Gasteiger partial charge in [0, 0.05) is 6.54 Å². The van der Waals surface area contributed by atoms with Gasteiger partial charge in [-0.3, -0.25) is 9.59 Å². The van der Waals surface area contributed by atoms with Crippen LogP contribution in [0, 0.1) is 5.82 Å². The molecule has 0 atom stereocenters. The number of hydrogen-bond acceptors (Lipinski definition) is 6. The molecule has 0 fully saturated rings. The lowest BCUT2D eigenvalue weighted by atomic mass is 10.4. The van der Waals surface area contributed by atoms with Gasteiger partial charge in [0.2, 0.25) is 10.0 Å². The molecule has 0 spiro atoms. The van der Waals surface area contributed by atoms with Gasteiger partial charge in [-0.1, -0.05) is 0 Å². The zero-order chi connectivity index (χ0) is 16.8. The molecular formula is C13H16FNO6S. The van der Waals surface area contributed by atoms with Gasteiger partial charge in [-0.15, -0.1) is 0 Å². The first-order valence-electron chi connectivity index (χ1n) is 6.20. The van der Waals surface area contributed by atoms with E-state index in [1.165, 1.54) is 7.11 Å². The quantitative estimate of drug-likeness (QED) is 0.677. The van der Waals surface area contributed by atoms with E-state index in [1.54, 1.807) is 0 Å². The van der Waals surface area contributed by atoms with Crippen LogP contribution in [-0.4, -0.2) is 52.0 Å². The molecule has 0 bridgehead atoms. The molecule has 0 amide bonds. The number of nitrogens with zero attached hydrogens (tertiary/aromatic N) is 1. The largest absolute Gasteiger partial charge is 0.469 e. The minimum Gasteiger partial charge on any atom is -0.469 e. The topological polar surface area (TPSA) is 90.0 Å². The summed E-state index contributed by atoms with van der Waals surface area (Å²) >= 11 is 0. The lowest BCUT2D eigenvalue weighted by molar-refractivity contribution is -0.143. The normalized spacial score (nSPS) is 11.3. The summed E-state index contributed by atoms with van der Waals surface area (Å²) < 4.78 is 47.4. The Hall–Kier alpha value is -2.00. The van der Waals surface area contributed by atoms with Gasteiger partial charge in [0.15, 0.2) is 0 Å². The third-order valence-corrected chi connectivity index (χ3v) is 4.64. The maximum absolute atomic E-state index is 12.9. The number of esters is 2. The zero-order valence-corrected chi connectivity index (χ0v) is 12.9. The first kappa shape index (κ1) is 18.1.